The molecule has 1 saturated carbocycles. The lowest BCUT2D eigenvalue weighted by Gasteiger charge is -2.26. The molecule has 0 spiro atoms. The summed E-state index contributed by atoms with van der Waals surface area (Å²) >= 11 is 0. The number of nitrogens with one attached hydrogen (secondary N) is 1. The van der Waals surface area contributed by atoms with E-state index in [9.17, 15) is 4.79 Å². The van der Waals surface area contributed by atoms with Gasteiger partial charge in [0.2, 0.25) is 5.91 Å². The summed E-state index contributed by atoms with van der Waals surface area (Å²) in [7, 11) is 1.96. The first-order valence-corrected chi connectivity index (χ1v) is 7.54. The van der Waals surface area contributed by atoms with Crippen molar-refractivity contribution in [2.24, 2.45) is 13.0 Å². The standard InChI is InChI=1S/C15H24N4O/c1-15(2)14(20)19(8-11-6-4-5-7-11)13(17-15)12-9-18(3)10-16-12/h9-11,13,17H,4-8H2,1-3H3. The third kappa shape index (κ3) is 2.35. The minimum absolute atomic E-state index is 0.0840. The number of amides is 1. The lowest BCUT2D eigenvalue weighted by molar-refractivity contribution is -0.133. The van der Waals surface area contributed by atoms with Crippen LogP contribution in [0.3, 0.4) is 0 Å². The van der Waals surface area contributed by atoms with E-state index in [1.807, 2.05) is 36.6 Å². The van der Waals surface area contributed by atoms with Crippen molar-refractivity contribution < 1.29 is 4.79 Å². The molecule has 1 atom stereocenters. The molecule has 2 fully saturated rings. The van der Waals surface area contributed by atoms with E-state index in [0.717, 1.165) is 12.2 Å². The van der Waals surface area contributed by atoms with Crippen molar-refractivity contribution >= 4 is 5.91 Å². The number of carbonyl (C=O) groups is 1. The lowest BCUT2D eigenvalue weighted by Crippen LogP contribution is -2.40. The predicted octanol–water partition coefficient (Wildman–Crippen LogP) is 1.82. The second-order valence-electron chi connectivity index (χ2n) is 6.74. The van der Waals surface area contributed by atoms with Crippen LogP contribution in [0, 0.1) is 5.92 Å². The monoisotopic (exact) mass is 276 g/mol. The van der Waals surface area contributed by atoms with Crippen LogP contribution in [0.1, 0.15) is 51.4 Å². The van der Waals surface area contributed by atoms with Gasteiger partial charge < -0.3 is 9.47 Å². The first kappa shape index (κ1) is 13.6. The summed E-state index contributed by atoms with van der Waals surface area (Å²) in [5.74, 6) is 0.848. The Morgan fingerprint density at radius 2 is 2.10 bits per heavy atom. The Morgan fingerprint density at radius 1 is 1.40 bits per heavy atom. The lowest BCUT2D eigenvalue weighted by atomic mass is 10.0. The quantitative estimate of drug-likeness (QED) is 0.916. The Hall–Kier alpha value is -1.36. The normalized spacial score (nSPS) is 26.6. The van der Waals surface area contributed by atoms with E-state index in [4.69, 9.17) is 0 Å². The zero-order valence-corrected chi connectivity index (χ0v) is 12.6. The molecule has 1 unspecified atom stereocenters. The molecule has 5 nitrogen and oxygen atoms in total. The zero-order valence-electron chi connectivity index (χ0n) is 12.6. The van der Waals surface area contributed by atoms with Gasteiger partial charge in [-0.05, 0) is 32.6 Å². The average Bonchev–Trinajstić information content (AvgIpc) is 3.07. The molecular formula is C15H24N4O. The van der Waals surface area contributed by atoms with Gasteiger partial charge >= 0.3 is 0 Å². The van der Waals surface area contributed by atoms with E-state index in [1.54, 1.807) is 6.33 Å². The van der Waals surface area contributed by atoms with Gasteiger partial charge in [-0.25, -0.2) is 4.98 Å². The summed E-state index contributed by atoms with van der Waals surface area (Å²) in [5, 5.41) is 3.43. The van der Waals surface area contributed by atoms with Crippen LogP contribution in [0.2, 0.25) is 0 Å². The van der Waals surface area contributed by atoms with Crippen LogP contribution < -0.4 is 5.32 Å². The van der Waals surface area contributed by atoms with Gasteiger partial charge in [-0.2, -0.15) is 0 Å². The molecule has 2 heterocycles. The smallest absolute Gasteiger partial charge is 0.243 e. The van der Waals surface area contributed by atoms with Gasteiger partial charge in [-0.1, -0.05) is 12.8 Å². The highest BCUT2D eigenvalue weighted by molar-refractivity contribution is 5.88. The summed E-state index contributed by atoms with van der Waals surface area (Å²) in [5.41, 5.74) is 0.435. The number of nitrogens with zero attached hydrogens (tertiary/aromatic N) is 3. The van der Waals surface area contributed by atoms with Crippen LogP contribution in [-0.2, 0) is 11.8 Å². The summed E-state index contributed by atoms with van der Waals surface area (Å²) < 4.78 is 1.93. The summed E-state index contributed by atoms with van der Waals surface area (Å²) in [4.78, 5) is 19.1. The minimum Gasteiger partial charge on any atom is -0.340 e. The number of hydrogen-bond acceptors (Lipinski definition) is 3. The maximum Gasteiger partial charge on any atom is 0.243 e. The fourth-order valence-electron chi connectivity index (χ4n) is 3.42. The Bertz CT molecular complexity index is 502. The van der Waals surface area contributed by atoms with E-state index in [-0.39, 0.29) is 12.1 Å². The fourth-order valence-corrected chi connectivity index (χ4v) is 3.42. The van der Waals surface area contributed by atoms with Gasteiger partial charge in [0.05, 0.1) is 17.6 Å². The summed E-state index contributed by atoms with van der Waals surface area (Å²) in [6.45, 7) is 4.77. The van der Waals surface area contributed by atoms with Crippen LogP contribution in [0.5, 0.6) is 0 Å². The maximum absolute atomic E-state index is 12.6. The van der Waals surface area contributed by atoms with Gasteiger partial charge in [0.1, 0.15) is 6.17 Å². The van der Waals surface area contributed by atoms with Gasteiger partial charge in [-0.15, -0.1) is 0 Å². The highest BCUT2D eigenvalue weighted by atomic mass is 16.2. The molecular weight excluding hydrogens is 252 g/mol. The Kier molecular flexibility index (Phi) is 3.32. The van der Waals surface area contributed by atoms with Gasteiger partial charge in [0.25, 0.3) is 0 Å². The van der Waals surface area contributed by atoms with Gasteiger partial charge in [0.15, 0.2) is 0 Å². The Balaban J connectivity index is 1.84. The molecule has 1 N–H and O–H groups in total. The van der Waals surface area contributed by atoms with Crippen LogP contribution in [-0.4, -0.2) is 32.4 Å². The molecule has 1 aromatic rings. The highest BCUT2D eigenvalue weighted by Crippen LogP contribution is 2.33. The van der Waals surface area contributed by atoms with Crippen molar-refractivity contribution in [3.63, 3.8) is 0 Å². The van der Waals surface area contributed by atoms with Crippen molar-refractivity contribution in [2.75, 3.05) is 6.54 Å². The topological polar surface area (TPSA) is 50.2 Å². The van der Waals surface area contributed by atoms with E-state index < -0.39 is 5.54 Å². The molecule has 110 valence electrons. The first-order valence-electron chi connectivity index (χ1n) is 7.54. The highest BCUT2D eigenvalue weighted by Gasteiger charge is 2.46. The third-order valence-electron chi connectivity index (χ3n) is 4.54. The molecule has 0 radical (unpaired) electrons. The Labute approximate surface area is 120 Å². The molecule has 1 aliphatic heterocycles. The molecule has 5 heteroatoms. The molecule has 1 amide bonds. The van der Waals surface area contributed by atoms with E-state index in [0.29, 0.717) is 5.92 Å². The number of aromatic nitrogens is 2. The number of rotatable bonds is 3. The second kappa shape index (κ2) is 4.88. The van der Waals surface area contributed by atoms with Crippen LogP contribution >= 0.6 is 0 Å². The maximum atomic E-state index is 12.6. The largest absolute Gasteiger partial charge is 0.340 e. The minimum atomic E-state index is -0.499. The number of imidazole rings is 1. The molecule has 0 bridgehead atoms. The van der Waals surface area contributed by atoms with Crippen molar-refractivity contribution in [3.05, 3.63) is 18.2 Å². The van der Waals surface area contributed by atoms with Crippen molar-refractivity contribution in [3.8, 4) is 0 Å². The molecule has 0 aromatic carbocycles. The van der Waals surface area contributed by atoms with Crippen LogP contribution in [0.4, 0.5) is 0 Å². The molecule has 1 aliphatic carbocycles. The number of carbonyl (C=O) groups excluding carboxylic acids is 1. The fraction of sp³-hybridized carbons (Fsp3) is 0.733. The van der Waals surface area contributed by atoms with Crippen molar-refractivity contribution in [2.45, 2.75) is 51.2 Å². The van der Waals surface area contributed by atoms with E-state index in [2.05, 4.69) is 10.3 Å². The predicted molar refractivity (Wildman–Crippen MR) is 76.8 cm³/mol. The average molecular weight is 276 g/mol. The molecule has 20 heavy (non-hydrogen) atoms. The third-order valence-corrected chi connectivity index (χ3v) is 4.54. The number of hydrogen-bond donors (Lipinski definition) is 1. The molecule has 1 aromatic heterocycles. The van der Waals surface area contributed by atoms with E-state index in [1.165, 1.54) is 25.7 Å². The second-order valence-corrected chi connectivity index (χ2v) is 6.74. The summed E-state index contributed by atoms with van der Waals surface area (Å²) in [6.07, 6.45) is 8.81. The molecule has 1 saturated heterocycles. The van der Waals surface area contributed by atoms with Crippen LogP contribution in [0.15, 0.2) is 12.5 Å². The first-order chi connectivity index (χ1) is 9.47. The van der Waals surface area contributed by atoms with E-state index >= 15 is 0 Å². The zero-order chi connectivity index (χ0) is 14.3. The van der Waals surface area contributed by atoms with Crippen molar-refractivity contribution in [1.82, 2.24) is 19.8 Å². The van der Waals surface area contributed by atoms with Gasteiger partial charge in [-0.3, -0.25) is 10.1 Å². The van der Waals surface area contributed by atoms with Crippen molar-refractivity contribution in [1.29, 1.82) is 0 Å². The Morgan fingerprint density at radius 3 is 2.70 bits per heavy atom. The molecule has 2 aliphatic rings. The SMILES string of the molecule is Cn1cnc(C2NC(C)(C)C(=O)N2CC2CCCC2)c1. The summed E-state index contributed by atoms with van der Waals surface area (Å²) in [6, 6.07) is 0. The van der Waals surface area contributed by atoms with Crippen LogP contribution in [0.25, 0.3) is 0 Å². The molecule has 3 rings (SSSR count). The number of aryl methyl sites for hydroxylation is 1. The van der Waals surface area contributed by atoms with Gasteiger partial charge in [0, 0.05) is 19.8 Å².